The van der Waals surface area contributed by atoms with Crippen molar-refractivity contribution in [2.75, 3.05) is 5.32 Å². The van der Waals surface area contributed by atoms with Crippen LogP contribution < -0.4 is 10.1 Å². The number of nitrogens with one attached hydrogen (secondary N) is 1. The molecular formula is C24H21FN4O2. The molecule has 31 heavy (non-hydrogen) atoms. The van der Waals surface area contributed by atoms with Gasteiger partial charge in [-0.25, -0.2) is 9.07 Å². The molecule has 2 aromatic carbocycles. The summed E-state index contributed by atoms with van der Waals surface area (Å²) in [5, 5.41) is 7.29. The highest BCUT2D eigenvalue weighted by atomic mass is 19.1. The molecule has 0 radical (unpaired) electrons. The fraction of sp³-hybridized carbons (Fsp3) is 0.125. The van der Waals surface area contributed by atoms with E-state index in [-0.39, 0.29) is 17.6 Å². The van der Waals surface area contributed by atoms with Crippen molar-refractivity contribution in [1.82, 2.24) is 14.8 Å². The van der Waals surface area contributed by atoms with E-state index in [4.69, 9.17) is 4.74 Å². The molecule has 0 saturated heterocycles. The summed E-state index contributed by atoms with van der Waals surface area (Å²) in [6.45, 7) is 3.97. The van der Waals surface area contributed by atoms with E-state index in [0.29, 0.717) is 28.4 Å². The monoisotopic (exact) mass is 416 g/mol. The van der Waals surface area contributed by atoms with E-state index in [0.717, 1.165) is 5.69 Å². The summed E-state index contributed by atoms with van der Waals surface area (Å²) in [4.78, 5) is 17.0. The molecule has 0 aliphatic rings. The zero-order valence-corrected chi connectivity index (χ0v) is 17.1. The topological polar surface area (TPSA) is 69.0 Å². The Kier molecular flexibility index (Phi) is 5.75. The number of nitrogens with zero attached hydrogens (tertiary/aromatic N) is 3. The zero-order valence-electron chi connectivity index (χ0n) is 17.1. The van der Waals surface area contributed by atoms with Crippen molar-refractivity contribution < 1.29 is 13.9 Å². The fourth-order valence-electron chi connectivity index (χ4n) is 3.25. The van der Waals surface area contributed by atoms with Crippen LogP contribution in [0.15, 0.2) is 79.3 Å². The van der Waals surface area contributed by atoms with Gasteiger partial charge in [0.2, 0.25) is 0 Å². The quantitative estimate of drug-likeness (QED) is 0.446. The molecular weight excluding hydrogens is 395 g/mol. The Morgan fingerprint density at radius 1 is 1.03 bits per heavy atom. The zero-order chi connectivity index (χ0) is 21.8. The summed E-state index contributed by atoms with van der Waals surface area (Å²) in [5.41, 5.74) is 2.49. The van der Waals surface area contributed by atoms with Crippen LogP contribution in [0.3, 0.4) is 0 Å². The maximum Gasteiger partial charge on any atom is 0.259 e. The van der Waals surface area contributed by atoms with Gasteiger partial charge in [-0.3, -0.25) is 9.78 Å². The average Bonchev–Trinajstić information content (AvgIpc) is 3.21. The molecule has 0 bridgehead atoms. The molecule has 0 aliphatic carbocycles. The van der Waals surface area contributed by atoms with Gasteiger partial charge in [0.05, 0.1) is 23.1 Å². The number of rotatable bonds is 6. The van der Waals surface area contributed by atoms with Crippen molar-refractivity contribution in [2.45, 2.75) is 19.8 Å². The average molecular weight is 416 g/mol. The smallest absolute Gasteiger partial charge is 0.259 e. The van der Waals surface area contributed by atoms with Gasteiger partial charge in [-0.15, -0.1) is 0 Å². The Morgan fingerprint density at radius 3 is 2.48 bits per heavy atom. The summed E-state index contributed by atoms with van der Waals surface area (Å²) in [5.74, 6) is 0.665. The van der Waals surface area contributed by atoms with Gasteiger partial charge in [0.1, 0.15) is 17.3 Å². The number of carbonyl (C=O) groups is 1. The second-order valence-corrected chi connectivity index (χ2v) is 7.25. The van der Waals surface area contributed by atoms with E-state index in [9.17, 15) is 9.18 Å². The molecule has 6 nitrogen and oxygen atoms in total. The minimum Gasteiger partial charge on any atom is -0.457 e. The van der Waals surface area contributed by atoms with Crippen molar-refractivity contribution in [3.05, 3.63) is 96.3 Å². The maximum absolute atomic E-state index is 13.3. The lowest BCUT2D eigenvalue weighted by Crippen LogP contribution is -2.15. The van der Waals surface area contributed by atoms with Crippen LogP contribution in [0.4, 0.5) is 10.1 Å². The first kappa shape index (κ1) is 20.3. The predicted molar refractivity (Wildman–Crippen MR) is 116 cm³/mol. The number of benzene rings is 2. The molecule has 0 atom stereocenters. The minimum atomic E-state index is -0.325. The highest BCUT2D eigenvalue weighted by Crippen LogP contribution is 2.26. The second kappa shape index (κ2) is 8.79. The van der Waals surface area contributed by atoms with Crippen LogP contribution in [0, 0.1) is 5.82 Å². The molecule has 0 unspecified atom stereocenters. The first-order valence-electron chi connectivity index (χ1n) is 9.84. The van der Waals surface area contributed by atoms with Gasteiger partial charge in [-0.05, 0) is 54.4 Å². The predicted octanol–water partition coefficient (Wildman–Crippen LogP) is 5.57. The molecule has 0 saturated carbocycles. The summed E-state index contributed by atoms with van der Waals surface area (Å²) >= 11 is 0. The van der Waals surface area contributed by atoms with Gasteiger partial charge in [-0.2, -0.15) is 5.10 Å². The molecule has 1 amide bonds. The summed E-state index contributed by atoms with van der Waals surface area (Å²) < 4.78 is 20.8. The highest BCUT2D eigenvalue weighted by molar-refractivity contribution is 6.05. The third-order valence-corrected chi connectivity index (χ3v) is 4.65. The molecule has 0 aliphatic heterocycles. The van der Waals surface area contributed by atoms with Crippen LogP contribution >= 0.6 is 0 Å². The number of anilines is 1. The van der Waals surface area contributed by atoms with Crippen molar-refractivity contribution in [3.8, 4) is 17.2 Å². The minimum absolute atomic E-state index is 0.0228. The Bertz CT molecular complexity index is 1190. The van der Waals surface area contributed by atoms with E-state index < -0.39 is 0 Å². The van der Waals surface area contributed by atoms with Crippen LogP contribution in [0.5, 0.6) is 11.5 Å². The van der Waals surface area contributed by atoms with Crippen molar-refractivity contribution in [2.24, 2.45) is 0 Å². The number of hydrogen-bond donors (Lipinski definition) is 1. The van der Waals surface area contributed by atoms with Gasteiger partial charge in [0.15, 0.2) is 0 Å². The lowest BCUT2D eigenvalue weighted by Gasteiger charge is -2.13. The normalized spacial score (nSPS) is 10.8. The van der Waals surface area contributed by atoms with Crippen molar-refractivity contribution in [1.29, 1.82) is 0 Å². The number of amides is 1. The standard InChI is InChI=1S/C24H21FN4O2/c1-16(2)23-22(15-27-29(23)19-8-6-17(25)7-9-19)24(30)28-18-4-3-5-21(14-18)31-20-10-12-26-13-11-20/h3-16H,1-2H3,(H,28,30). The number of carbonyl (C=O) groups excluding carboxylic acids is 1. The summed E-state index contributed by atoms with van der Waals surface area (Å²) in [6.07, 6.45) is 4.83. The number of pyridine rings is 1. The van der Waals surface area contributed by atoms with E-state index >= 15 is 0 Å². The van der Waals surface area contributed by atoms with E-state index in [1.165, 1.54) is 18.3 Å². The first-order chi connectivity index (χ1) is 15.0. The van der Waals surface area contributed by atoms with Crippen LogP contribution in [0.1, 0.15) is 35.8 Å². The molecule has 156 valence electrons. The summed E-state index contributed by atoms with van der Waals surface area (Å²) in [7, 11) is 0. The molecule has 4 rings (SSSR count). The van der Waals surface area contributed by atoms with Crippen LogP contribution in [0.2, 0.25) is 0 Å². The maximum atomic E-state index is 13.3. The van der Waals surface area contributed by atoms with Crippen LogP contribution in [0.25, 0.3) is 5.69 Å². The van der Waals surface area contributed by atoms with E-state index in [2.05, 4.69) is 15.4 Å². The summed E-state index contributed by atoms with van der Waals surface area (Å²) in [6, 6.07) is 16.7. The van der Waals surface area contributed by atoms with Gasteiger partial charge in [0, 0.05) is 24.1 Å². The second-order valence-electron chi connectivity index (χ2n) is 7.25. The molecule has 2 heterocycles. The Labute approximate surface area is 179 Å². The number of ether oxygens (including phenoxy) is 1. The van der Waals surface area contributed by atoms with Crippen molar-refractivity contribution >= 4 is 11.6 Å². The van der Waals surface area contributed by atoms with Gasteiger partial charge >= 0.3 is 0 Å². The van der Waals surface area contributed by atoms with E-state index in [1.807, 2.05) is 19.9 Å². The number of halogens is 1. The van der Waals surface area contributed by atoms with Gasteiger partial charge in [0.25, 0.3) is 5.91 Å². The largest absolute Gasteiger partial charge is 0.457 e. The molecule has 0 spiro atoms. The molecule has 7 heteroatoms. The van der Waals surface area contributed by atoms with Gasteiger partial charge < -0.3 is 10.1 Å². The third-order valence-electron chi connectivity index (χ3n) is 4.65. The fourth-order valence-corrected chi connectivity index (χ4v) is 3.25. The number of aromatic nitrogens is 3. The van der Waals surface area contributed by atoms with Crippen LogP contribution in [-0.2, 0) is 0 Å². The molecule has 4 aromatic rings. The SMILES string of the molecule is CC(C)c1c(C(=O)Nc2cccc(Oc3ccncc3)c2)cnn1-c1ccc(F)cc1. The van der Waals surface area contributed by atoms with E-state index in [1.54, 1.807) is 59.5 Å². The Hall–Kier alpha value is -4.00. The Balaban J connectivity index is 1.58. The molecule has 0 fully saturated rings. The van der Waals surface area contributed by atoms with Crippen molar-refractivity contribution in [3.63, 3.8) is 0 Å². The van der Waals surface area contributed by atoms with Crippen LogP contribution in [-0.4, -0.2) is 20.7 Å². The third kappa shape index (κ3) is 4.61. The van der Waals surface area contributed by atoms with Gasteiger partial charge in [-0.1, -0.05) is 19.9 Å². The highest BCUT2D eigenvalue weighted by Gasteiger charge is 2.21. The number of hydrogen-bond acceptors (Lipinski definition) is 4. The molecule has 1 N–H and O–H groups in total. The lowest BCUT2D eigenvalue weighted by atomic mass is 10.0. The lowest BCUT2D eigenvalue weighted by molar-refractivity contribution is 0.102. The molecule has 2 aromatic heterocycles. The Morgan fingerprint density at radius 2 is 1.77 bits per heavy atom. The first-order valence-corrected chi connectivity index (χ1v) is 9.84.